The number of nitrogens with two attached hydrogens (primary N) is 1. The Labute approximate surface area is 127 Å². The second-order valence-electron chi connectivity index (χ2n) is 4.68. The quantitative estimate of drug-likeness (QED) is 0.380. The number of hydrogen-bond acceptors (Lipinski definition) is 3. The molecule has 0 saturated heterocycles. The number of imide groups is 1. The van der Waals surface area contributed by atoms with Crippen molar-refractivity contribution in [3.05, 3.63) is 47.5 Å². The molecule has 3 rings (SSSR count). The van der Waals surface area contributed by atoms with E-state index < -0.39 is 0 Å². The third kappa shape index (κ3) is 2.33. The van der Waals surface area contributed by atoms with Crippen molar-refractivity contribution < 1.29 is 9.59 Å². The van der Waals surface area contributed by atoms with Gasteiger partial charge in [-0.1, -0.05) is 0 Å². The van der Waals surface area contributed by atoms with E-state index in [0.717, 1.165) is 10.8 Å². The molecule has 21 heavy (non-hydrogen) atoms. The van der Waals surface area contributed by atoms with Gasteiger partial charge in [-0.05, 0) is 0 Å². The number of amides is 2. The van der Waals surface area contributed by atoms with Crippen LogP contribution in [-0.4, -0.2) is 42.9 Å². The number of benzene rings is 2. The van der Waals surface area contributed by atoms with Crippen molar-refractivity contribution in [2.45, 2.75) is 5.32 Å². The summed E-state index contributed by atoms with van der Waals surface area (Å²) in [5, 5.41) is 9.45. The van der Waals surface area contributed by atoms with E-state index in [1.54, 1.807) is 12.1 Å². The number of hydrogen-bond donors (Lipinski definition) is 2. The van der Waals surface area contributed by atoms with Gasteiger partial charge in [0.05, 0.1) is 0 Å². The van der Waals surface area contributed by atoms with Crippen LogP contribution in [0.15, 0.2) is 36.4 Å². The molecule has 2 aromatic rings. The molecule has 3 N–H and O–H groups in total. The topological polar surface area (TPSA) is 87.2 Å². The van der Waals surface area contributed by atoms with Crippen LogP contribution in [0.3, 0.4) is 0 Å². The number of rotatable bonds is 4. The Morgan fingerprint density at radius 3 is 2.19 bits per heavy atom. The molecule has 0 aromatic heterocycles. The minimum absolute atomic E-state index is 0.127. The summed E-state index contributed by atoms with van der Waals surface area (Å²) in [6.45, 7) is 0.308. The first-order valence-corrected chi connectivity index (χ1v) is 8.51. The average molecular weight is 346 g/mol. The van der Waals surface area contributed by atoms with E-state index in [1.807, 2.05) is 24.3 Å². The average Bonchev–Trinajstić information content (AvgIpc) is 2.47. The summed E-state index contributed by atoms with van der Waals surface area (Å²) in [4.78, 5) is 26.3. The predicted molar refractivity (Wildman–Crippen MR) is 81.8 cm³/mol. The van der Waals surface area contributed by atoms with Crippen molar-refractivity contribution in [3.63, 3.8) is 0 Å². The number of amidine groups is 1. The minimum atomic E-state index is -0.261. The van der Waals surface area contributed by atoms with Gasteiger partial charge >= 0.3 is 127 Å². The Balaban J connectivity index is 2.01. The van der Waals surface area contributed by atoms with Gasteiger partial charge in [0.2, 0.25) is 0 Å². The molecule has 2 amide bonds. The Kier molecular flexibility index (Phi) is 3.49. The molecule has 1 heterocycles. The summed E-state index contributed by atoms with van der Waals surface area (Å²) in [5.74, 6) is -0.521. The van der Waals surface area contributed by atoms with E-state index >= 15 is 0 Å². The Morgan fingerprint density at radius 2 is 1.67 bits per heavy atom. The van der Waals surface area contributed by atoms with E-state index in [0.29, 0.717) is 23.0 Å². The third-order valence-corrected chi connectivity index (χ3v) is 4.89. The zero-order valence-electron chi connectivity index (χ0n) is 11.1. The van der Waals surface area contributed by atoms with Crippen LogP contribution in [0.5, 0.6) is 0 Å². The zero-order chi connectivity index (χ0) is 15.0. The van der Waals surface area contributed by atoms with Crippen LogP contribution < -0.4 is 5.73 Å². The van der Waals surface area contributed by atoms with E-state index in [4.69, 9.17) is 11.1 Å². The van der Waals surface area contributed by atoms with E-state index in [9.17, 15) is 9.59 Å². The van der Waals surface area contributed by atoms with Crippen LogP contribution in [0.2, 0.25) is 5.32 Å². The molecule has 0 saturated carbocycles. The molecule has 0 radical (unpaired) electrons. The van der Waals surface area contributed by atoms with Gasteiger partial charge in [-0.2, -0.15) is 0 Å². The number of nitrogens with zero attached hydrogens (tertiary/aromatic N) is 1. The third-order valence-electron chi connectivity index (χ3n) is 3.43. The molecular formula is C15H13N3O2Se. The molecule has 106 valence electrons. The molecule has 2 aromatic carbocycles. The van der Waals surface area contributed by atoms with Crippen LogP contribution in [0.1, 0.15) is 20.7 Å². The first-order valence-electron chi connectivity index (χ1n) is 6.44. The molecule has 1 aliphatic rings. The summed E-state index contributed by atoms with van der Waals surface area (Å²) in [5.41, 5.74) is 6.47. The summed E-state index contributed by atoms with van der Waals surface area (Å²) in [7, 11) is 0. The second kappa shape index (κ2) is 5.31. The normalized spacial score (nSPS) is 13.8. The zero-order valence-corrected chi connectivity index (χ0v) is 12.8. The van der Waals surface area contributed by atoms with Crippen molar-refractivity contribution >= 4 is 42.3 Å². The fourth-order valence-electron chi connectivity index (χ4n) is 2.53. The molecule has 0 spiro atoms. The molecular weight excluding hydrogens is 333 g/mol. The Hall–Kier alpha value is -2.17. The number of nitrogens with one attached hydrogen (secondary N) is 1. The first kappa shape index (κ1) is 13.8. The van der Waals surface area contributed by atoms with Crippen molar-refractivity contribution in [1.29, 1.82) is 5.41 Å². The van der Waals surface area contributed by atoms with Crippen LogP contribution in [0.25, 0.3) is 10.8 Å². The molecule has 1 aliphatic heterocycles. The van der Waals surface area contributed by atoms with Crippen molar-refractivity contribution in [3.8, 4) is 0 Å². The van der Waals surface area contributed by atoms with Gasteiger partial charge in [0.1, 0.15) is 0 Å². The fourth-order valence-corrected chi connectivity index (χ4v) is 3.57. The fraction of sp³-hybridized carbons (Fsp3) is 0.133. The Morgan fingerprint density at radius 1 is 1.10 bits per heavy atom. The van der Waals surface area contributed by atoms with Crippen molar-refractivity contribution in [2.24, 2.45) is 5.73 Å². The van der Waals surface area contributed by atoms with Crippen LogP contribution >= 0.6 is 0 Å². The van der Waals surface area contributed by atoms with Gasteiger partial charge in [0.25, 0.3) is 0 Å². The molecule has 0 fully saturated rings. The van der Waals surface area contributed by atoms with Crippen LogP contribution in [0, 0.1) is 5.41 Å². The maximum absolute atomic E-state index is 12.5. The summed E-state index contributed by atoms with van der Waals surface area (Å²) >= 11 is -0.177. The first-order chi connectivity index (χ1) is 10.1. The predicted octanol–water partition coefficient (Wildman–Crippen LogP) is 1.45. The van der Waals surface area contributed by atoms with Gasteiger partial charge in [0.15, 0.2) is 0 Å². The van der Waals surface area contributed by atoms with Gasteiger partial charge in [-0.15, -0.1) is 0 Å². The second-order valence-corrected chi connectivity index (χ2v) is 7.07. The van der Waals surface area contributed by atoms with Crippen molar-refractivity contribution in [1.82, 2.24) is 4.90 Å². The maximum atomic E-state index is 12.5. The summed E-state index contributed by atoms with van der Waals surface area (Å²) < 4.78 is 0.127. The van der Waals surface area contributed by atoms with E-state index in [2.05, 4.69) is 0 Å². The van der Waals surface area contributed by atoms with Gasteiger partial charge < -0.3 is 0 Å². The Bertz CT molecular complexity index is 722. The van der Waals surface area contributed by atoms with Crippen LogP contribution in [0.4, 0.5) is 0 Å². The SMILES string of the molecule is N=C(N)[Se]CCN1C(=O)c2cccc3cccc(c23)C1=O. The van der Waals surface area contributed by atoms with E-state index in [-0.39, 0.29) is 31.5 Å². The molecule has 6 heteroatoms. The van der Waals surface area contributed by atoms with Gasteiger partial charge in [0, 0.05) is 0 Å². The van der Waals surface area contributed by atoms with Gasteiger partial charge in [-0.3, -0.25) is 0 Å². The number of carbonyl (C=O) groups excluding carboxylic acids is 2. The van der Waals surface area contributed by atoms with Crippen LogP contribution in [-0.2, 0) is 0 Å². The molecule has 0 aliphatic carbocycles. The molecule has 0 atom stereocenters. The van der Waals surface area contributed by atoms with E-state index in [1.165, 1.54) is 4.90 Å². The molecule has 5 nitrogen and oxygen atoms in total. The molecule has 0 unspecified atom stereocenters. The summed E-state index contributed by atoms with van der Waals surface area (Å²) in [6.07, 6.45) is 0. The number of carbonyl (C=O) groups is 2. The van der Waals surface area contributed by atoms with Gasteiger partial charge in [-0.25, -0.2) is 0 Å². The van der Waals surface area contributed by atoms with Crippen molar-refractivity contribution in [2.75, 3.05) is 6.54 Å². The monoisotopic (exact) mass is 347 g/mol. The standard InChI is InChI=1S/C15H13N3O2Se/c16-15(17)21-8-7-18-13(19)10-5-1-3-9-4-2-6-11(12(9)10)14(18)20/h1-6H,7-8H2,(H3,16,17). The summed E-state index contributed by atoms with van der Waals surface area (Å²) in [6, 6.07) is 11.0. The molecule has 0 bridgehead atoms.